The van der Waals surface area contributed by atoms with Gasteiger partial charge in [-0.25, -0.2) is 0 Å². The van der Waals surface area contributed by atoms with E-state index in [1.54, 1.807) is 0 Å². The lowest BCUT2D eigenvalue weighted by Gasteiger charge is -2.36. The Hall–Kier alpha value is -1.38. The van der Waals surface area contributed by atoms with Gasteiger partial charge >= 0.3 is 6.18 Å². The molecule has 5 nitrogen and oxygen atoms in total. The topological polar surface area (TPSA) is 43.0 Å². The van der Waals surface area contributed by atoms with Crippen LogP contribution in [0.2, 0.25) is 0 Å². The Morgan fingerprint density at radius 2 is 1.46 bits per heavy atom. The van der Waals surface area contributed by atoms with Crippen molar-refractivity contribution < 1.29 is 27.4 Å². The van der Waals surface area contributed by atoms with Crippen LogP contribution in [0.4, 0.5) is 13.2 Å². The van der Waals surface area contributed by atoms with Crippen LogP contribution < -0.4 is 19.5 Å². The Bertz CT molecular complexity index is 537. The number of halogens is 4. The van der Waals surface area contributed by atoms with Crippen molar-refractivity contribution in [2.24, 2.45) is 0 Å². The fourth-order valence-electron chi connectivity index (χ4n) is 2.79. The van der Waals surface area contributed by atoms with Crippen molar-refractivity contribution in [1.82, 2.24) is 10.2 Å². The van der Waals surface area contributed by atoms with Gasteiger partial charge in [-0.15, -0.1) is 12.4 Å². The normalized spacial score (nSPS) is 16.9. The van der Waals surface area contributed by atoms with Crippen molar-refractivity contribution in [2.45, 2.75) is 12.2 Å². The summed E-state index contributed by atoms with van der Waals surface area (Å²) in [5, 5.41) is 3.06. The molecule has 0 spiro atoms. The molecule has 0 aliphatic carbocycles. The quantitative estimate of drug-likeness (QED) is 0.863. The molecule has 1 fully saturated rings. The van der Waals surface area contributed by atoms with E-state index in [2.05, 4.69) is 5.32 Å². The van der Waals surface area contributed by atoms with Crippen LogP contribution in [0.15, 0.2) is 12.1 Å². The van der Waals surface area contributed by atoms with E-state index in [-0.39, 0.29) is 29.5 Å². The highest BCUT2D eigenvalue weighted by Gasteiger charge is 2.46. The number of hydrogen-bond donors (Lipinski definition) is 1. The van der Waals surface area contributed by atoms with Gasteiger partial charge in [0.2, 0.25) is 0 Å². The molecule has 1 aliphatic rings. The molecule has 0 radical (unpaired) electrons. The van der Waals surface area contributed by atoms with Gasteiger partial charge in [-0.05, 0) is 6.07 Å². The van der Waals surface area contributed by atoms with E-state index >= 15 is 0 Å². The fourth-order valence-corrected chi connectivity index (χ4v) is 2.79. The number of rotatable bonds is 5. The molecule has 1 saturated heterocycles. The van der Waals surface area contributed by atoms with Gasteiger partial charge in [0.15, 0.2) is 11.5 Å². The SMILES string of the molecule is COc1cc(OC)c([C@H](N2CCNCC2)C(F)(F)F)cc1OC.Cl. The van der Waals surface area contributed by atoms with Crippen LogP contribution in [0.25, 0.3) is 0 Å². The van der Waals surface area contributed by atoms with Gasteiger partial charge in [0.1, 0.15) is 11.8 Å². The average molecular weight is 371 g/mol. The van der Waals surface area contributed by atoms with Crippen LogP contribution in [-0.4, -0.2) is 58.6 Å². The van der Waals surface area contributed by atoms with Gasteiger partial charge in [-0.1, -0.05) is 0 Å². The molecular weight excluding hydrogens is 349 g/mol. The molecule has 1 atom stereocenters. The number of nitrogens with zero attached hydrogens (tertiary/aromatic N) is 1. The van der Waals surface area contributed by atoms with Gasteiger partial charge in [-0.2, -0.15) is 13.2 Å². The van der Waals surface area contributed by atoms with E-state index in [0.29, 0.717) is 31.9 Å². The van der Waals surface area contributed by atoms with Crippen molar-refractivity contribution in [3.05, 3.63) is 17.7 Å². The Morgan fingerprint density at radius 1 is 0.958 bits per heavy atom. The molecule has 1 aromatic rings. The van der Waals surface area contributed by atoms with Crippen LogP contribution in [-0.2, 0) is 0 Å². The number of nitrogens with one attached hydrogen (secondary N) is 1. The zero-order chi connectivity index (χ0) is 17.0. The number of ether oxygens (including phenoxy) is 3. The summed E-state index contributed by atoms with van der Waals surface area (Å²) in [5.41, 5.74) is 0.0274. The predicted octanol–water partition coefficient (Wildman–Crippen LogP) is 2.64. The number of hydrogen-bond acceptors (Lipinski definition) is 5. The average Bonchev–Trinajstić information content (AvgIpc) is 2.54. The number of methoxy groups -OCH3 is 3. The van der Waals surface area contributed by atoms with Crippen LogP contribution in [0, 0.1) is 0 Å². The van der Waals surface area contributed by atoms with Crippen molar-refractivity contribution in [3.8, 4) is 17.2 Å². The Morgan fingerprint density at radius 3 is 1.92 bits per heavy atom. The minimum atomic E-state index is -4.43. The molecule has 0 unspecified atom stereocenters. The Balaban J connectivity index is 0.00000288. The third-order valence-electron chi connectivity index (χ3n) is 3.86. The maximum atomic E-state index is 13.7. The van der Waals surface area contributed by atoms with Crippen LogP contribution in [0.5, 0.6) is 17.2 Å². The highest BCUT2D eigenvalue weighted by atomic mass is 35.5. The van der Waals surface area contributed by atoms with Gasteiger partial charge < -0.3 is 19.5 Å². The molecule has 0 saturated carbocycles. The maximum absolute atomic E-state index is 13.7. The fraction of sp³-hybridized carbons (Fsp3) is 0.600. The van der Waals surface area contributed by atoms with Crippen molar-refractivity contribution >= 4 is 12.4 Å². The molecular formula is C15H22ClF3N2O3. The lowest BCUT2D eigenvalue weighted by molar-refractivity contribution is -0.188. The summed E-state index contributed by atoms with van der Waals surface area (Å²) < 4.78 is 56.7. The Kier molecular flexibility index (Phi) is 7.44. The molecule has 0 amide bonds. The maximum Gasteiger partial charge on any atom is 0.408 e. The molecule has 9 heteroatoms. The molecule has 1 heterocycles. The third-order valence-corrected chi connectivity index (χ3v) is 3.86. The minimum Gasteiger partial charge on any atom is -0.496 e. The first-order chi connectivity index (χ1) is 10.9. The third kappa shape index (κ3) is 4.37. The molecule has 1 aliphatic heterocycles. The first-order valence-electron chi connectivity index (χ1n) is 7.23. The standard InChI is InChI=1S/C15H21F3N2O3.ClH/c1-21-11-9-13(23-3)12(22-2)8-10(11)14(15(16,17)18)20-6-4-19-5-7-20;/h8-9,14,19H,4-7H2,1-3H3;1H/t14-;/m0./s1. The van der Waals surface area contributed by atoms with Crippen LogP contribution in [0.3, 0.4) is 0 Å². The highest BCUT2D eigenvalue weighted by molar-refractivity contribution is 5.85. The summed E-state index contributed by atoms with van der Waals surface area (Å²) in [7, 11) is 4.16. The molecule has 1 aromatic carbocycles. The number of alkyl halides is 3. The predicted molar refractivity (Wildman–Crippen MR) is 86.6 cm³/mol. The van der Waals surface area contributed by atoms with E-state index in [1.165, 1.54) is 38.4 Å². The van der Waals surface area contributed by atoms with Gasteiger partial charge in [0, 0.05) is 37.8 Å². The van der Waals surface area contributed by atoms with Gasteiger partial charge in [0.25, 0.3) is 0 Å². The Labute approximate surface area is 145 Å². The number of benzene rings is 1. The molecule has 24 heavy (non-hydrogen) atoms. The van der Waals surface area contributed by atoms with Crippen molar-refractivity contribution in [1.29, 1.82) is 0 Å². The van der Waals surface area contributed by atoms with E-state index in [0.717, 1.165) is 0 Å². The van der Waals surface area contributed by atoms with Crippen LogP contribution in [0.1, 0.15) is 11.6 Å². The minimum absolute atomic E-state index is 0. The summed E-state index contributed by atoms with van der Waals surface area (Å²) in [6.07, 6.45) is -4.43. The smallest absolute Gasteiger partial charge is 0.408 e. The second-order valence-electron chi connectivity index (χ2n) is 5.18. The molecule has 0 bridgehead atoms. The largest absolute Gasteiger partial charge is 0.496 e. The van der Waals surface area contributed by atoms with E-state index in [9.17, 15) is 13.2 Å². The molecule has 138 valence electrons. The van der Waals surface area contributed by atoms with Gasteiger partial charge in [0.05, 0.1) is 21.3 Å². The molecule has 2 rings (SSSR count). The zero-order valence-corrected chi connectivity index (χ0v) is 14.6. The summed E-state index contributed by atoms with van der Waals surface area (Å²) in [4.78, 5) is 1.40. The zero-order valence-electron chi connectivity index (χ0n) is 13.8. The summed E-state index contributed by atoms with van der Waals surface area (Å²) in [6, 6.07) is 1.02. The highest BCUT2D eigenvalue weighted by Crippen LogP contribution is 2.45. The van der Waals surface area contributed by atoms with E-state index < -0.39 is 12.2 Å². The molecule has 0 aromatic heterocycles. The summed E-state index contributed by atoms with van der Waals surface area (Å²) in [6.45, 7) is 1.65. The van der Waals surface area contributed by atoms with E-state index in [4.69, 9.17) is 14.2 Å². The first kappa shape index (κ1) is 20.7. The van der Waals surface area contributed by atoms with E-state index in [1.807, 2.05) is 0 Å². The second-order valence-corrected chi connectivity index (χ2v) is 5.18. The molecule has 1 N–H and O–H groups in total. The summed E-state index contributed by atoms with van der Waals surface area (Å²) in [5.74, 6) is 0.700. The monoisotopic (exact) mass is 370 g/mol. The lowest BCUT2D eigenvalue weighted by atomic mass is 10.0. The van der Waals surface area contributed by atoms with Crippen LogP contribution >= 0.6 is 12.4 Å². The second kappa shape index (κ2) is 8.64. The van der Waals surface area contributed by atoms with Crippen molar-refractivity contribution in [2.75, 3.05) is 47.5 Å². The van der Waals surface area contributed by atoms with Gasteiger partial charge in [-0.3, -0.25) is 4.90 Å². The first-order valence-corrected chi connectivity index (χ1v) is 7.23. The number of piperazine rings is 1. The lowest BCUT2D eigenvalue weighted by Crippen LogP contribution is -2.49. The summed E-state index contributed by atoms with van der Waals surface area (Å²) >= 11 is 0. The van der Waals surface area contributed by atoms with Crippen molar-refractivity contribution in [3.63, 3.8) is 0 Å².